The van der Waals surface area contributed by atoms with Crippen LogP contribution in [0, 0.1) is 12.7 Å². The molecule has 0 saturated carbocycles. The van der Waals surface area contributed by atoms with Gasteiger partial charge >= 0.3 is 0 Å². The molecule has 3 aromatic rings. The lowest BCUT2D eigenvalue weighted by atomic mass is 10.3. The van der Waals surface area contributed by atoms with Gasteiger partial charge in [0.25, 0.3) is 0 Å². The summed E-state index contributed by atoms with van der Waals surface area (Å²) in [6.07, 6.45) is 0. The van der Waals surface area contributed by atoms with Crippen LogP contribution in [0.1, 0.15) is 5.69 Å². The minimum absolute atomic E-state index is 0.302. The van der Waals surface area contributed by atoms with E-state index >= 15 is 0 Å². The maximum atomic E-state index is 13.1. The normalized spacial score (nSPS) is 15.2. The van der Waals surface area contributed by atoms with Gasteiger partial charge in [0, 0.05) is 43.6 Å². The van der Waals surface area contributed by atoms with Crippen molar-refractivity contribution in [3.05, 3.63) is 72.2 Å². The van der Waals surface area contributed by atoms with Crippen LogP contribution in [0.5, 0.6) is 0 Å². The van der Waals surface area contributed by atoms with Gasteiger partial charge in [-0.2, -0.15) is 9.29 Å². The molecule has 1 aromatic heterocycles. The molecule has 1 N–H and O–H groups in total. The van der Waals surface area contributed by atoms with Crippen molar-refractivity contribution < 1.29 is 12.8 Å². The Bertz CT molecular complexity index is 1120. The van der Waals surface area contributed by atoms with Crippen molar-refractivity contribution in [2.45, 2.75) is 11.8 Å². The molecule has 0 amide bonds. The van der Waals surface area contributed by atoms with Crippen LogP contribution in [0.4, 0.5) is 21.8 Å². The lowest BCUT2D eigenvalue weighted by Crippen LogP contribution is -2.49. The predicted octanol–water partition coefficient (Wildman–Crippen LogP) is 3.18. The van der Waals surface area contributed by atoms with Gasteiger partial charge in [0.2, 0.25) is 16.0 Å². The van der Waals surface area contributed by atoms with Gasteiger partial charge in [0.1, 0.15) is 11.6 Å². The third-order valence-electron chi connectivity index (χ3n) is 4.86. The van der Waals surface area contributed by atoms with Crippen LogP contribution >= 0.6 is 0 Å². The number of hydrogen-bond acceptors (Lipinski definition) is 6. The zero-order valence-corrected chi connectivity index (χ0v) is 17.3. The second-order valence-electron chi connectivity index (χ2n) is 7.03. The Kier molecular flexibility index (Phi) is 5.65. The number of sulfonamides is 1. The van der Waals surface area contributed by atoms with Crippen molar-refractivity contribution in [3.63, 3.8) is 0 Å². The van der Waals surface area contributed by atoms with Crippen LogP contribution in [0.2, 0.25) is 0 Å². The highest BCUT2D eigenvalue weighted by molar-refractivity contribution is 7.89. The summed E-state index contributed by atoms with van der Waals surface area (Å²) in [7, 11) is -3.51. The largest absolute Gasteiger partial charge is 0.340 e. The number of nitrogens with zero attached hydrogens (tertiary/aromatic N) is 4. The number of aromatic nitrogens is 2. The molecule has 1 aliphatic heterocycles. The standard InChI is InChI=1S/C21H22FN5O2S/c1-16-15-20(24-18-9-7-17(22)8-10-18)25-21(23-16)26-11-13-27(14-12-26)30(28,29)19-5-3-2-4-6-19/h2-10,15H,11-14H2,1H3,(H,23,24,25). The first-order valence-electron chi connectivity index (χ1n) is 9.60. The van der Waals surface area contributed by atoms with E-state index in [9.17, 15) is 12.8 Å². The van der Waals surface area contributed by atoms with Gasteiger partial charge in [-0.25, -0.2) is 17.8 Å². The number of benzene rings is 2. The second kappa shape index (κ2) is 8.37. The number of hydrogen-bond donors (Lipinski definition) is 1. The van der Waals surface area contributed by atoms with E-state index in [2.05, 4.69) is 15.3 Å². The molecule has 0 bridgehead atoms. The average Bonchev–Trinajstić information content (AvgIpc) is 2.76. The van der Waals surface area contributed by atoms with Crippen LogP contribution < -0.4 is 10.2 Å². The molecule has 4 rings (SSSR count). The number of aryl methyl sites for hydroxylation is 1. The molecule has 1 saturated heterocycles. The fourth-order valence-electron chi connectivity index (χ4n) is 3.31. The summed E-state index contributed by atoms with van der Waals surface area (Å²) in [6, 6.07) is 16.3. The van der Waals surface area contributed by atoms with Gasteiger partial charge in [-0.15, -0.1) is 0 Å². The number of rotatable bonds is 5. The Labute approximate surface area is 175 Å². The summed E-state index contributed by atoms with van der Waals surface area (Å²) in [5, 5.41) is 3.16. The third kappa shape index (κ3) is 4.42. The minimum Gasteiger partial charge on any atom is -0.340 e. The Hall–Kier alpha value is -3.04. The molecule has 0 atom stereocenters. The maximum Gasteiger partial charge on any atom is 0.243 e. The number of halogens is 1. The number of piperazine rings is 1. The zero-order valence-electron chi connectivity index (χ0n) is 16.5. The molecule has 9 heteroatoms. The average molecular weight is 428 g/mol. The fraction of sp³-hybridized carbons (Fsp3) is 0.238. The van der Waals surface area contributed by atoms with Crippen molar-refractivity contribution in [1.82, 2.24) is 14.3 Å². The summed E-state index contributed by atoms with van der Waals surface area (Å²) < 4.78 is 40.2. The summed E-state index contributed by atoms with van der Waals surface area (Å²) in [4.78, 5) is 11.3. The van der Waals surface area contributed by atoms with Crippen molar-refractivity contribution in [3.8, 4) is 0 Å². The van der Waals surface area contributed by atoms with Crippen LogP contribution in [0.3, 0.4) is 0 Å². The summed E-state index contributed by atoms with van der Waals surface area (Å²) in [5.41, 5.74) is 1.50. The summed E-state index contributed by atoms with van der Waals surface area (Å²) in [5.74, 6) is 0.836. The lowest BCUT2D eigenvalue weighted by Gasteiger charge is -2.34. The van der Waals surface area contributed by atoms with Crippen molar-refractivity contribution in [2.24, 2.45) is 0 Å². The second-order valence-corrected chi connectivity index (χ2v) is 8.97. The highest BCUT2D eigenvalue weighted by Crippen LogP contribution is 2.22. The molecule has 7 nitrogen and oxygen atoms in total. The Morgan fingerprint density at radius 1 is 0.933 bits per heavy atom. The molecular weight excluding hydrogens is 405 g/mol. The highest BCUT2D eigenvalue weighted by Gasteiger charge is 2.29. The first-order valence-corrected chi connectivity index (χ1v) is 11.0. The highest BCUT2D eigenvalue weighted by atomic mass is 32.2. The van der Waals surface area contributed by atoms with E-state index < -0.39 is 10.0 Å². The van der Waals surface area contributed by atoms with E-state index in [1.165, 1.54) is 16.4 Å². The van der Waals surface area contributed by atoms with Gasteiger partial charge in [-0.3, -0.25) is 0 Å². The maximum absolute atomic E-state index is 13.1. The zero-order chi connectivity index (χ0) is 21.1. The van der Waals surface area contributed by atoms with E-state index in [1.807, 2.05) is 17.9 Å². The molecule has 0 radical (unpaired) electrons. The van der Waals surface area contributed by atoms with Crippen molar-refractivity contribution in [2.75, 3.05) is 36.4 Å². The predicted molar refractivity (Wildman–Crippen MR) is 114 cm³/mol. The van der Waals surface area contributed by atoms with Crippen molar-refractivity contribution in [1.29, 1.82) is 0 Å². The molecule has 0 spiro atoms. The van der Waals surface area contributed by atoms with E-state index in [1.54, 1.807) is 42.5 Å². The molecule has 2 heterocycles. The third-order valence-corrected chi connectivity index (χ3v) is 6.77. The molecule has 1 fully saturated rings. The monoisotopic (exact) mass is 427 g/mol. The van der Waals surface area contributed by atoms with Crippen LogP contribution in [-0.4, -0.2) is 48.9 Å². The first-order chi connectivity index (χ1) is 14.4. The summed E-state index contributed by atoms with van der Waals surface area (Å²) >= 11 is 0. The lowest BCUT2D eigenvalue weighted by molar-refractivity contribution is 0.382. The molecule has 0 unspecified atom stereocenters. The molecule has 156 valence electrons. The van der Waals surface area contributed by atoms with Gasteiger partial charge in [-0.1, -0.05) is 18.2 Å². The fourth-order valence-corrected chi connectivity index (χ4v) is 4.75. The smallest absolute Gasteiger partial charge is 0.243 e. The quantitative estimate of drug-likeness (QED) is 0.674. The van der Waals surface area contributed by atoms with Gasteiger partial charge in [0.05, 0.1) is 4.90 Å². The van der Waals surface area contributed by atoms with Crippen LogP contribution in [-0.2, 0) is 10.0 Å². The van der Waals surface area contributed by atoms with Gasteiger partial charge < -0.3 is 10.2 Å². The molecule has 2 aromatic carbocycles. The SMILES string of the molecule is Cc1cc(Nc2ccc(F)cc2)nc(N2CCN(S(=O)(=O)c3ccccc3)CC2)n1. The summed E-state index contributed by atoms with van der Waals surface area (Å²) in [6.45, 7) is 3.57. The Balaban J connectivity index is 1.47. The number of nitrogens with one attached hydrogen (secondary N) is 1. The van der Waals surface area contributed by atoms with Gasteiger partial charge in [0.15, 0.2) is 0 Å². The molecule has 1 aliphatic rings. The molecule has 30 heavy (non-hydrogen) atoms. The van der Waals surface area contributed by atoms with Crippen LogP contribution in [0.15, 0.2) is 65.6 Å². The number of anilines is 3. The van der Waals surface area contributed by atoms with E-state index in [-0.39, 0.29) is 5.82 Å². The molecular formula is C21H22FN5O2S. The molecule has 0 aliphatic carbocycles. The van der Waals surface area contributed by atoms with Crippen molar-refractivity contribution >= 4 is 27.5 Å². The minimum atomic E-state index is -3.51. The Morgan fingerprint density at radius 3 is 2.27 bits per heavy atom. The van der Waals surface area contributed by atoms with E-state index in [0.29, 0.717) is 42.8 Å². The topological polar surface area (TPSA) is 78.4 Å². The Morgan fingerprint density at radius 2 is 1.60 bits per heavy atom. The van der Waals surface area contributed by atoms with Gasteiger partial charge in [-0.05, 0) is 43.3 Å². The first kappa shape index (κ1) is 20.2. The van der Waals surface area contributed by atoms with Crippen LogP contribution in [0.25, 0.3) is 0 Å². The van der Waals surface area contributed by atoms with E-state index in [4.69, 9.17) is 0 Å². The van der Waals surface area contributed by atoms with E-state index in [0.717, 1.165) is 11.4 Å².